The average molecular weight is 307 g/mol. The first-order valence-electron chi connectivity index (χ1n) is 7.18. The van der Waals surface area contributed by atoms with Crippen LogP contribution in [0, 0.1) is 6.92 Å². The molecule has 0 N–H and O–H groups in total. The molecule has 0 saturated carbocycles. The molecule has 4 nitrogen and oxygen atoms in total. The molecule has 0 aliphatic carbocycles. The number of rotatable bonds is 4. The zero-order valence-corrected chi connectivity index (χ0v) is 13.3. The first-order chi connectivity index (χ1) is 10.1. The molecule has 1 fully saturated rings. The summed E-state index contributed by atoms with van der Waals surface area (Å²) in [6, 6.07) is 7.69. The van der Waals surface area contributed by atoms with Gasteiger partial charge in [0.2, 0.25) is 5.91 Å². The maximum atomic E-state index is 12.4. The van der Waals surface area contributed by atoms with Crippen LogP contribution in [0.3, 0.4) is 0 Å². The molecule has 0 aromatic heterocycles. The number of hydrogen-bond acceptors (Lipinski definition) is 4. The highest BCUT2D eigenvalue weighted by Gasteiger charge is 2.32. The molecule has 1 aliphatic heterocycles. The monoisotopic (exact) mass is 307 g/mol. The van der Waals surface area contributed by atoms with Gasteiger partial charge < -0.3 is 9.64 Å². The number of aryl methyl sites for hydroxylation is 1. The number of carbonyl (C=O) groups excluding carboxylic acids is 2. The van der Waals surface area contributed by atoms with Gasteiger partial charge in [-0.05, 0) is 38.3 Å². The van der Waals surface area contributed by atoms with Gasteiger partial charge in [0.25, 0.3) is 0 Å². The van der Waals surface area contributed by atoms with Crippen molar-refractivity contribution < 1.29 is 14.3 Å². The minimum atomic E-state index is -0.408. The lowest BCUT2D eigenvalue weighted by Gasteiger charge is -2.33. The molecular formula is C16H21NO3S. The quantitative estimate of drug-likeness (QED) is 0.634. The molecule has 21 heavy (non-hydrogen) atoms. The van der Waals surface area contributed by atoms with Gasteiger partial charge in [-0.2, -0.15) is 0 Å². The number of likely N-dealkylation sites (tertiary alicyclic amines) is 1. The summed E-state index contributed by atoms with van der Waals surface area (Å²) < 4.78 is 4.81. The molecule has 1 heterocycles. The molecule has 5 heteroatoms. The van der Waals surface area contributed by atoms with Gasteiger partial charge in [-0.15, -0.1) is 11.8 Å². The minimum Gasteiger partial charge on any atom is -0.467 e. The summed E-state index contributed by atoms with van der Waals surface area (Å²) in [5.74, 6) is 0.0652. The van der Waals surface area contributed by atoms with Gasteiger partial charge in [-0.25, -0.2) is 4.79 Å². The second kappa shape index (κ2) is 7.50. The first-order valence-corrected chi connectivity index (χ1v) is 8.17. The number of piperidine rings is 1. The largest absolute Gasteiger partial charge is 0.467 e. The number of benzene rings is 1. The third-order valence-electron chi connectivity index (χ3n) is 3.68. The van der Waals surface area contributed by atoms with E-state index < -0.39 is 6.04 Å². The van der Waals surface area contributed by atoms with Crippen LogP contribution in [-0.2, 0) is 14.3 Å². The van der Waals surface area contributed by atoms with Gasteiger partial charge >= 0.3 is 5.97 Å². The van der Waals surface area contributed by atoms with Crippen LogP contribution in [0.25, 0.3) is 0 Å². The first kappa shape index (κ1) is 15.9. The number of nitrogens with zero attached hydrogens (tertiary/aromatic N) is 1. The summed E-state index contributed by atoms with van der Waals surface area (Å²) in [5, 5.41) is 0. The van der Waals surface area contributed by atoms with Crippen LogP contribution in [0.1, 0.15) is 24.8 Å². The molecule has 1 aromatic carbocycles. The Labute approximate surface area is 129 Å². The van der Waals surface area contributed by atoms with Crippen LogP contribution in [0.5, 0.6) is 0 Å². The zero-order valence-electron chi connectivity index (χ0n) is 12.5. The van der Waals surface area contributed by atoms with Crippen LogP contribution < -0.4 is 0 Å². The molecule has 1 atom stereocenters. The van der Waals surface area contributed by atoms with Crippen molar-refractivity contribution in [3.63, 3.8) is 0 Å². The second-order valence-electron chi connectivity index (χ2n) is 5.22. The molecule has 1 amide bonds. The predicted octanol–water partition coefficient (Wildman–Crippen LogP) is 2.64. The number of esters is 1. The Balaban J connectivity index is 1.94. The van der Waals surface area contributed by atoms with Gasteiger partial charge in [0.1, 0.15) is 6.04 Å². The van der Waals surface area contributed by atoms with E-state index in [2.05, 4.69) is 0 Å². The van der Waals surface area contributed by atoms with Crippen molar-refractivity contribution in [2.24, 2.45) is 0 Å². The Morgan fingerprint density at radius 1 is 1.29 bits per heavy atom. The summed E-state index contributed by atoms with van der Waals surface area (Å²) >= 11 is 1.51. The van der Waals surface area contributed by atoms with Crippen molar-refractivity contribution in [2.75, 3.05) is 19.4 Å². The van der Waals surface area contributed by atoms with Gasteiger partial charge in [-0.1, -0.05) is 17.7 Å². The molecule has 0 radical (unpaired) electrons. The fraction of sp³-hybridized carbons (Fsp3) is 0.500. The van der Waals surface area contributed by atoms with Gasteiger partial charge in [0.15, 0.2) is 0 Å². The summed E-state index contributed by atoms with van der Waals surface area (Å²) in [5.41, 5.74) is 1.20. The normalized spacial score (nSPS) is 18.4. The Morgan fingerprint density at radius 3 is 2.67 bits per heavy atom. The van der Waals surface area contributed by atoms with Crippen molar-refractivity contribution in [3.05, 3.63) is 29.8 Å². The fourth-order valence-electron chi connectivity index (χ4n) is 2.47. The predicted molar refractivity (Wildman–Crippen MR) is 83.3 cm³/mol. The third-order valence-corrected chi connectivity index (χ3v) is 4.68. The maximum Gasteiger partial charge on any atom is 0.328 e. The highest BCUT2D eigenvalue weighted by Crippen LogP contribution is 2.22. The van der Waals surface area contributed by atoms with Crippen molar-refractivity contribution >= 4 is 23.6 Å². The standard InChI is InChI=1S/C16H21NO3S/c1-12-6-8-13(9-7-12)21-11-15(18)17-10-4-3-5-14(17)16(19)20-2/h6-9,14H,3-5,10-11H2,1-2H3. The van der Waals surface area contributed by atoms with Gasteiger partial charge in [0.05, 0.1) is 12.9 Å². The van der Waals surface area contributed by atoms with Crippen LogP contribution in [0.15, 0.2) is 29.2 Å². The summed E-state index contributed by atoms with van der Waals surface area (Å²) in [6.45, 7) is 2.68. The van der Waals surface area contributed by atoms with E-state index in [0.717, 1.165) is 17.7 Å². The maximum absolute atomic E-state index is 12.4. The molecule has 1 saturated heterocycles. The average Bonchev–Trinajstić information content (AvgIpc) is 2.53. The lowest BCUT2D eigenvalue weighted by molar-refractivity contribution is -0.153. The second-order valence-corrected chi connectivity index (χ2v) is 6.27. The highest BCUT2D eigenvalue weighted by atomic mass is 32.2. The van der Waals surface area contributed by atoms with E-state index in [-0.39, 0.29) is 11.9 Å². The SMILES string of the molecule is COC(=O)C1CCCCN1C(=O)CSc1ccc(C)cc1. The summed E-state index contributed by atoms with van der Waals surface area (Å²) in [6.07, 6.45) is 2.62. The lowest BCUT2D eigenvalue weighted by Crippen LogP contribution is -2.49. The number of thioether (sulfide) groups is 1. The van der Waals surface area contributed by atoms with Crippen LogP contribution >= 0.6 is 11.8 Å². The van der Waals surface area contributed by atoms with E-state index in [9.17, 15) is 9.59 Å². The van der Waals surface area contributed by atoms with Crippen molar-refractivity contribution in [3.8, 4) is 0 Å². The molecule has 1 aliphatic rings. The third kappa shape index (κ3) is 4.24. The van der Waals surface area contributed by atoms with E-state index in [4.69, 9.17) is 4.74 Å². The molecule has 0 bridgehead atoms. The van der Waals surface area contributed by atoms with Crippen molar-refractivity contribution in [1.82, 2.24) is 4.90 Å². The Kier molecular flexibility index (Phi) is 5.67. The van der Waals surface area contributed by atoms with E-state index >= 15 is 0 Å². The van der Waals surface area contributed by atoms with Crippen LogP contribution in [0.4, 0.5) is 0 Å². The Morgan fingerprint density at radius 2 is 2.00 bits per heavy atom. The van der Waals surface area contributed by atoms with Gasteiger partial charge in [-0.3, -0.25) is 4.79 Å². The molecule has 1 unspecified atom stereocenters. The zero-order chi connectivity index (χ0) is 15.2. The van der Waals surface area contributed by atoms with E-state index in [1.54, 1.807) is 4.90 Å². The minimum absolute atomic E-state index is 0.00988. The van der Waals surface area contributed by atoms with Crippen LogP contribution in [-0.4, -0.2) is 42.2 Å². The van der Waals surface area contributed by atoms with E-state index in [1.165, 1.54) is 24.4 Å². The molecular weight excluding hydrogens is 286 g/mol. The summed E-state index contributed by atoms with van der Waals surface area (Å²) in [7, 11) is 1.38. The Hall–Kier alpha value is -1.49. The van der Waals surface area contributed by atoms with Crippen molar-refractivity contribution in [1.29, 1.82) is 0 Å². The number of ether oxygens (including phenoxy) is 1. The summed E-state index contributed by atoms with van der Waals surface area (Å²) in [4.78, 5) is 26.9. The topological polar surface area (TPSA) is 46.6 Å². The lowest BCUT2D eigenvalue weighted by atomic mass is 10.0. The molecule has 0 spiro atoms. The van der Waals surface area contributed by atoms with Crippen LogP contribution in [0.2, 0.25) is 0 Å². The van der Waals surface area contributed by atoms with Crippen molar-refractivity contribution in [2.45, 2.75) is 37.1 Å². The Bertz CT molecular complexity index is 501. The number of carbonyl (C=O) groups is 2. The van der Waals surface area contributed by atoms with E-state index in [1.807, 2.05) is 31.2 Å². The number of methoxy groups -OCH3 is 1. The van der Waals surface area contributed by atoms with Gasteiger partial charge in [0, 0.05) is 11.4 Å². The molecule has 1 aromatic rings. The number of amides is 1. The van der Waals surface area contributed by atoms with E-state index in [0.29, 0.717) is 18.7 Å². The smallest absolute Gasteiger partial charge is 0.328 e. The molecule has 114 valence electrons. The molecule has 2 rings (SSSR count). The highest BCUT2D eigenvalue weighted by molar-refractivity contribution is 8.00. The number of hydrogen-bond donors (Lipinski definition) is 0. The fourth-order valence-corrected chi connectivity index (χ4v) is 3.26.